The number of nitrogens with one attached hydrogen (secondary N) is 3. The van der Waals surface area contributed by atoms with E-state index < -0.39 is 9.84 Å². The Morgan fingerprint density at radius 2 is 1.82 bits per heavy atom. The summed E-state index contributed by atoms with van der Waals surface area (Å²) in [5.41, 5.74) is 1.00. The van der Waals surface area contributed by atoms with Crippen LogP contribution in [0.4, 0.5) is 0 Å². The highest BCUT2D eigenvalue weighted by molar-refractivity contribution is 14.0. The summed E-state index contributed by atoms with van der Waals surface area (Å²) in [6, 6.07) is 10.3. The Bertz CT molecular complexity index is 866. The third-order valence-corrected chi connectivity index (χ3v) is 4.87. The lowest BCUT2D eigenvalue weighted by atomic mass is 10.1. The summed E-state index contributed by atoms with van der Waals surface area (Å²) >= 11 is 0. The van der Waals surface area contributed by atoms with E-state index in [4.69, 9.17) is 4.42 Å². The topological polar surface area (TPSA) is 113 Å². The van der Waals surface area contributed by atoms with Crippen LogP contribution in [0.5, 0.6) is 0 Å². The van der Waals surface area contributed by atoms with Crippen LogP contribution in [0.2, 0.25) is 0 Å². The molecule has 10 heteroatoms. The molecule has 8 nitrogen and oxygen atoms in total. The summed E-state index contributed by atoms with van der Waals surface area (Å²) in [6.07, 6.45) is 3.43. The quantitative estimate of drug-likeness (QED) is 0.275. The number of rotatable bonds is 8. The van der Waals surface area contributed by atoms with Gasteiger partial charge in [-0.2, -0.15) is 0 Å². The van der Waals surface area contributed by atoms with Gasteiger partial charge in [0.1, 0.15) is 5.76 Å². The average molecular weight is 520 g/mol. The van der Waals surface area contributed by atoms with Crippen LogP contribution in [-0.2, 0) is 27.6 Å². The molecular weight excluding hydrogens is 495 g/mol. The number of hydrogen-bond acceptors (Lipinski definition) is 5. The fourth-order valence-corrected chi connectivity index (χ4v) is 2.91. The zero-order chi connectivity index (χ0) is 19.7. The number of benzene rings is 1. The number of aliphatic imine (C=N–C) groups is 1. The van der Waals surface area contributed by atoms with Gasteiger partial charge in [0, 0.05) is 19.8 Å². The Morgan fingerprint density at radius 3 is 2.39 bits per heavy atom. The first kappa shape index (κ1) is 24.0. The molecule has 0 fully saturated rings. The van der Waals surface area contributed by atoms with Crippen molar-refractivity contribution in [3.8, 4) is 0 Å². The van der Waals surface area contributed by atoms with Gasteiger partial charge in [-0.05, 0) is 36.2 Å². The lowest BCUT2D eigenvalue weighted by Crippen LogP contribution is -2.43. The van der Waals surface area contributed by atoms with E-state index in [-0.39, 0.29) is 36.4 Å². The molecule has 0 bridgehead atoms. The number of nitrogens with zero attached hydrogens (tertiary/aromatic N) is 1. The number of carbonyl (C=O) groups is 1. The normalized spacial score (nSPS) is 11.4. The van der Waals surface area contributed by atoms with E-state index in [0.717, 1.165) is 5.56 Å². The molecule has 154 valence electrons. The van der Waals surface area contributed by atoms with Crippen molar-refractivity contribution < 1.29 is 17.6 Å². The molecule has 1 heterocycles. The van der Waals surface area contributed by atoms with E-state index >= 15 is 0 Å². The van der Waals surface area contributed by atoms with Crippen LogP contribution in [0.15, 0.2) is 57.0 Å². The van der Waals surface area contributed by atoms with Crippen molar-refractivity contribution in [2.24, 2.45) is 4.99 Å². The van der Waals surface area contributed by atoms with Gasteiger partial charge >= 0.3 is 0 Å². The standard InChI is InChI=1S/C18H24N4O4S.HI/c1-19-18(22-13-17(23)21-12-15-4-3-11-26-15)20-10-9-14-5-7-16(8-6-14)27(2,24)25;/h3-8,11H,9-10,12-13H2,1-2H3,(H,21,23)(H2,19,20,22);1H. The van der Waals surface area contributed by atoms with Crippen LogP contribution in [-0.4, -0.2) is 46.7 Å². The van der Waals surface area contributed by atoms with Gasteiger partial charge < -0.3 is 20.4 Å². The molecule has 0 atom stereocenters. The van der Waals surface area contributed by atoms with Gasteiger partial charge in [-0.15, -0.1) is 24.0 Å². The minimum atomic E-state index is -3.18. The first-order chi connectivity index (χ1) is 12.9. The zero-order valence-corrected chi connectivity index (χ0v) is 18.9. The molecule has 2 rings (SSSR count). The molecule has 1 aromatic carbocycles. The highest BCUT2D eigenvalue weighted by Crippen LogP contribution is 2.10. The summed E-state index contributed by atoms with van der Waals surface area (Å²) in [6.45, 7) is 1.01. The first-order valence-electron chi connectivity index (χ1n) is 8.41. The maximum Gasteiger partial charge on any atom is 0.239 e. The number of hydrogen-bond donors (Lipinski definition) is 3. The molecule has 0 spiro atoms. The van der Waals surface area contributed by atoms with Gasteiger partial charge in [-0.3, -0.25) is 9.79 Å². The summed E-state index contributed by atoms with van der Waals surface area (Å²) in [7, 11) is -1.56. The molecule has 0 aliphatic rings. The molecular formula is C18H25IN4O4S. The molecule has 0 saturated heterocycles. The highest BCUT2D eigenvalue weighted by atomic mass is 127. The van der Waals surface area contributed by atoms with Crippen LogP contribution in [0.3, 0.4) is 0 Å². The zero-order valence-electron chi connectivity index (χ0n) is 15.8. The van der Waals surface area contributed by atoms with Crippen molar-refractivity contribution in [3.05, 3.63) is 54.0 Å². The van der Waals surface area contributed by atoms with Crippen molar-refractivity contribution in [3.63, 3.8) is 0 Å². The predicted octanol–water partition coefficient (Wildman–Crippen LogP) is 1.32. The fourth-order valence-electron chi connectivity index (χ4n) is 2.27. The molecule has 3 N–H and O–H groups in total. The Balaban J connectivity index is 0.00000392. The van der Waals surface area contributed by atoms with E-state index in [9.17, 15) is 13.2 Å². The minimum Gasteiger partial charge on any atom is -0.467 e. The summed E-state index contributed by atoms with van der Waals surface area (Å²) in [5, 5.41) is 8.78. The van der Waals surface area contributed by atoms with E-state index in [1.807, 2.05) is 0 Å². The molecule has 1 amide bonds. The lowest BCUT2D eigenvalue weighted by molar-refractivity contribution is -0.120. The molecule has 0 unspecified atom stereocenters. The van der Waals surface area contributed by atoms with Crippen molar-refractivity contribution in [1.82, 2.24) is 16.0 Å². The van der Waals surface area contributed by atoms with Gasteiger partial charge in [0.15, 0.2) is 15.8 Å². The van der Waals surface area contributed by atoms with Crippen molar-refractivity contribution in [2.45, 2.75) is 17.9 Å². The summed E-state index contributed by atoms with van der Waals surface area (Å²) < 4.78 is 28.1. The van der Waals surface area contributed by atoms with E-state index in [1.54, 1.807) is 49.7 Å². The van der Waals surface area contributed by atoms with Crippen LogP contribution in [0.1, 0.15) is 11.3 Å². The second kappa shape index (κ2) is 11.7. The van der Waals surface area contributed by atoms with Gasteiger partial charge in [-0.25, -0.2) is 8.42 Å². The predicted molar refractivity (Wildman–Crippen MR) is 119 cm³/mol. The highest BCUT2D eigenvalue weighted by Gasteiger charge is 2.07. The SMILES string of the molecule is CN=C(NCCc1ccc(S(C)(=O)=O)cc1)NCC(=O)NCc1ccco1.I. The van der Waals surface area contributed by atoms with E-state index in [2.05, 4.69) is 20.9 Å². The second-order valence-corrected chi connectivity index (χ2v) is 7.89. The fraction of sp³-hybridized carbons (Fsp3) is 0.333. The number of guanidine groups is 1. The molecule has 1 aromatic heterocycles. The van der Waals surface area contributed by atoms with Crippen molar-refractivity contribution >= 4 is 45.7 Å². The van der Waals surface area contributed by atoms with Crippen LogP contribution in [0, 0.1) is 0 Å². The number of halogens is 1. The van der Waals surface area contributed by atoms with Crippen molar-refractivity contribution in [1.29, 1.82) is 0 Å². The molecule has 0 aliphatic heterocycles. The van der Waals surface area contributed by atoms with Crippen LogP contribution >= 0.6 is 24.0 Å². The first-order valence-corrected chi connectivity index (χ1v) is 10.3. The third kappa shape index (κ3) is 8.30. The summed E-state index contributed by atoms with van der Waals surface area (Å²) in [4.78, 5) is 16.2. The van der Waals surface area contributed by atoms with Crippen LogP contribution < -0.4 is 16.0 Å². The van der Waals surface area contributed by atoms with E-state index in [0.29, 0.717) is 36.1 Å². The largest absolute Gasteiger partial charge is 0.467 e. The molecule has 0 saturated carbocycles. The molecule has 0 aliphatic carbocycles. The smallest absolute Gasteiger partial charge is 0.239 e. The van der Waals surface area contributed by atoms with Gasteiger partial charge in [-0.1, -0.05) is 12.1 Å². The lowest BCUT2D eigenvalue weighted by Gasteiger charge is -2.12. The number of amides is 1. The Labute approximate surface area is 182 Å². The Hall–Kier alpha value is -2.08. The number of furan rings is 1. The van der Waals surface area contributed by atoms with Gasteiger partial charge in [0.2, 0.25) is 5.91 Å². The molecule has 28 heavy (non-hydrogen) atoms. The van der Waals surface area contributed by atoms with Gasteiger partial charge in [0.25, 0.3) is 0 Å². The maximum atomic E-state index is 11.8. The summed E-state index contributed by atoms with van der Waals surface area (Å²) in [5.74, 6) is 1.02. The second-order valence-electron chi connectivity index (χ2n) is 5.87. The minimum absolute atomic E-state index is 0. The number of sulfone groups is 1. The average Bonchev–Trinajstić information content (AvgIpc) is 3.16. The Morgan fingerprint density at radius 1 is 1.11 bits per heavy atom. The van der Waals surface area contributed by atoms with Crippen molar-refractivity contribution in [2.75, 3.05) is 26.4 Å². The monoisotopic (exact) mass is 520 g/mol. The van der Waals surface area contributed by atoms with E-state index in [1.165, 1.54) is 6.26 Å². The molecule has 0 radical (unpaired) electrons. The van der Waals surface area contributed by atoms with Crippen LogP contribution in [0.25, 0.3) is 0 Å². The van der Waals surface area contributed by atoms with Gasteiger partial charge in [0.05, 0.1) is 24.2 Å². The maximum absolute atomic E-state index is 11.8. The molecule has 2 aromatic rings. The number of carbonyl (C=O) groups excluding carboxylic acids is 1. The third-order valence-electron chi connectivity index (χ3n) is 3.74. The Kier molecular flexibility index (Phi) is 10.0.